The highest BCUT2D eigenvalue weighted by atomic mass is 19.1. The number of carbonyl (C=O) groups excluding carboxylic acids is 1. The van der Waals surface area contributed by atoms with Crippen LogP contribution in [0.5, 0.6) is 0 Å². The molecule has 27 heavy (non-hydrogen) atoms. The normalized spacial score (nSPS) is 16.9. The summed E-state index contributed by atoms with van der Waals surface area (Å²) in [5.41, 5.74) is 8.31. The minimum absolute atomic E-state index is 0.00866. The van der Waals surface area contributed by atoms with Crippen LogP contribution in [0.4, 0.5) is 10.2 Å². The van der Waals surface area contributed by atoms with Crippen molar-refractivity contribution in [3.8, 4) is 0 Å². The number of hydrogen-bond donors (Lipinski definition) is 2. The molecule has 1 fully saturated rings. The third-order valence-corrected chi connectivity index (χ3v) is 5.15. The van der Waals surface area contributed by atoms with Crippen LogP contribution in [0.2, 0.25) is 0 Å². The number of halogens is 1. The number of pyridine rings is 1. The molecule has 0 bridgehead atoms. The number of amides is 1. The molecule has 4 rings (SSSR count). The molecular weight excluding hydrogens is 345 g/mol. The Labute approximate surface area is 156 Å². The number of benzene rings is 1. The number of nitrogen functional groups attached to an aromatic ring is 1. The van der Waals surface area contributed by atoms with E-state index >= 15 is 0 Å². The molecule has 0 spiro atoms. The smallest absolute Gasteiger partial charge is 0.223 e. The van der Waals surface area contributed by atoms with Crippen molar-refractivity contribution in [1.29, 1.82) is 0 Å². The van der Waals surface area contributed by atoms with E-state index in [1.165, 1.54) is 12.1 Å². The highest BCUT2D eigenvalue weighted by Crippen LogP contribution is 2.32. The monoisotopic (exact) mass is 367 g/mol. The van der Waals surface area contributed by atoms with E-state index in [9.17, 15) is 9.18 Å². The maximum atomic E-state index is 13.0. The van der Waals surface area contributed by atoms with Gasteiger partial charge in [0.1, 0.15) is 11.6 Å². The number of anilines is 1. The number of hydrogen-bond acceptors (Lipinski definition) is 4. The molecule has 0 saturated carbocycles. The quantitative estimate of drug-likeness (QED) is 0.724. The fraction of sp³-hybridized carbons (Fsp3) is 0.350. The molecule has 2 aromatic heterocycles. The number of fused-ring (bicyclic) bond motifs is 1. The van der Waals surface area contributed by atoms with Gasteiger partial charge in [-0.15, -0.1) is 0 Å². The zero-order valence-electron chi connectivity index (χ0n) is 15.0. The topological polar surface area (TPSA) is 87.9 Å². The average molecular weight is 367 g/mol. The zero-order valence-corrected chi connectivity index (χ0v) is 15.0. The fourth-order valence-corrected chi connectivity index (χ4v) is 3.73. The predicted octanol–water partition coefficient (Wildman–Crippen LogP) is 3.37. The number of nitrogens with two attached hydrogens (primary N) is 1. The number of aromatic amines is 1. The number of aryl methyl sites for hydroxylation is 1. The van der Waals surface area contributed by atoms with Crippen molar-refractivity contribution >= 4 is 22.8 Å². The molecule has 7 heteroatoms. The highest BCUT2D eigenvalue weighted by Gasteiger charge is 2.30. The zero-order chi connectivity index (χ0) is 18.8. The first-order chi connectivity index (χ1) is 13.1. The van der Waals surface area contributed by atoms with Gasteiger partial charge in [-0.1, -0.05) is 12.1 Å². The lowest BCUT2D eigenvalue weighted by molar-refractivity contribution is -0.132. The molecule has 3 N–H and O–H groups in total. The summed E-state index contributed by atoms with van der Waals surface area (Å²) in [6.07, 6.45) is 3.86. The van der Waals surface area contributed by atoms with Crippen molar-refractivity contribution < 1.29 is 9.18 Å². The van der Waals surface area contributed by atoms with Gasteiger partial charge in [-0.25, -0.2) is 9.37 Å². The number of rotatable bonds is 5. The predicted molar refractivity (Wildman–Crippen MR) is 101 cm³/mol. The molecule has 1 amide bonds. The van der Waals surface area contributed by atoms with Gasteiger partial charge in [0.05, 0.1) is 17.1 Å². The lowest BCUT2D eigenvalue weighted by Crippen LogP contribution is -2.30. The van der Waals surface area contributed by atoms with Crippen LogP contribution in [0.25, 0.3) is 11.0 Å². The first-order valence-corrected chi connectivity index (χ1v) is 9.26. The SMILES string of the molecule is Nc1[nH]nc2nc(C3CCCN3C(=O)CCCc3ccc(F)cc3)ccc12. The highest BCUT2D eigenvalue weighted by molar-refractivity contribution is 5.85. The lowest BCUT2D eigenvalue weighted by atomic mass is 10.1. The first-order valence-electron chi connectivity index (χ1n) is 9.26. The van der Waals surface area contributed by atoms with Gasteiger partial charge in [-0.05, 0) is 55.5 Å². The van der Waals surface area contributed by atoms with Crippen LogP contribution < -0.4 is 5.73 Å². The summed E-state index contributed by atoms with van der Waals surface area (Å²) in [6, 6.07) is 10.3. The molecule has 0 aliphatic carbocycles. The van der Waals surface area contributed by atoms with Crippen LogP contribution in [0.1, 0.15) is 43.0 Å². The van der Waals surface area contributed by atoms with Crippen molar-refractivity contribution in [3.05, 3.63) is 53.5 Å². The minimum Gasteiger partial charge on any atom is -0.384 e. The Kier molecular flexibility index (Phi) is 4.75. The number of carbonyl (C=O) groups is 1. The Hall–Kier alpha value is -2.96. The van der Waals surface area contributed by atoms with E-state index in [1.807, 2.05) is 17.0 Å². The Morgan fingerprint density at radius 3 is 2.89 bits per heavy atom. The van der Waals surface area contributed by atoms with Crippen LogP contribution in [0.15, 0.2) is 36.4 Å². The van der Waals surface area contributed by atoms with Gasteiger partial charge in [0.25, 0.3) is 0 Å². The second kappa shape index (κ2) is 7.34. The van der Waals surface area contributed by atoms with Crippen LogP contribution >= 0.6 is 0 Å². The van der Waals surface area contributed by atoms with Crippen LogP contribution in [0.3, 0.4) is 0 Å². The second-order valence-electron chi connectivity index (χ2n) is 6.97. The molecule has 3 aromatic rings. The van der Waals surface area contributed by atoms with E-state index in [-0.39, 0.29) is 17.8 Å². The van der Waals surface area contributed by atoms with Gasteiger partial charge in [0, 0.05) is 13.0 Å². The summed E-state index contributed by atoms with van der Waals surface area (Å²) >= 11 is 0. The third-order valence-electron chi connectivity index (χ3n) is 5.15. The fourth-order valence-electron chi connectivity index (χ4n) is 3.73. The molecule has 1 unspecified atom stereocenters. The number of likely N-dealkylation sites (tertiary alicyclic amines) is 1. The molecule has 6 nitrogen and oxygen atoms in total. The van der Waals surface area contributed by atoms with E-state index < -0.39 is 0 Å². The van der Waals surface area contributed by atoms with E-state index in [0.29, 0.717) is 17.9 Å². The van der Waals surface area contributed by atoms with Gasteiger partial charge < -0.3 is 10.6 Å². The Morgan fingerprint density at radius 2 is 2.07 bits per heavy atom. The Morgan fingerprint density at radius 1 is 1.26 bits per heavy atom. The molecule has 1 aromatic carbocycles. The largest absolute Gasteiger partial charge is 0.384 e. The van der Waals surface area contributed by atoms with Crippen LogP contribution in [-0.4, -0.2) is 32.5 Å². The number of H-pyrrole nitrogens is 1. The third kappa shape index (κ3) is 3.63. The molecule has 1 aliphatic heterocycles. The van der Waals surface area contributed by atoms with Crippen molar-refractivity contribution in [1.82, 2.24) is 20.1 Å². The first kappa shape index (κ1) is 17.5. The van der Waals surface area contributed by atoms with Crippen molar-refractivity contribution in [2.75, 3.05) is 12.3 Å². The summed E-state index contributed by atoms with van der Waals surface area (Å²) in [5, 5.41) is 7.65. The Balaban J connectivity index is 1.40. The molecule has 1 atom stereocenters. The van der Waals surface area contributed by atoms with Crippen molar-refractivity contribution in [2.24, 2.45) is 0 Å². The summed E-state index contributed by atoms with van der Waals surface area (Å²) in [7, 11) is 0. The van der Waals surface area contributed by atoms with E-state index in [0.717, 1.165) is 48.9 Å². The standard InChI is InChI=1S/C20H22FN5O/c21-14-8-6-13(7-9-14)3-1-5-18(27)26-12-2-4-17(26)16-11-10-15-19(22)24-25-20(15)23-16/h6-11,17H,1-5,12H2,(H3,22,23,24,25). The molecule has 140 valence electrons. The van der Waals surface area contributed by atoms with Gasteiger partial charge in [0.15, 0.2) is 5.65 Å². The minimum atomic E-state index is -0.238. The van der Waals surface area contributed by atoms with Gasteiger partial charge >= 0.3 is 0 Å². The van der Waals surface area contributed by atoms with E-state index in [1.54, 1.807) is 12.1 Å². The van der Waals surface area contributed by atoms with Gasteiger partial charge in [-0.2, -0.15) is 5.10 Å². The van der Waals surface area contributed by atoms with Gasteiger partial charge in [0.2, 0.25) is 5.91 Å². The summed E-state index contributed by atoms with van der Waals surface area (Å²) in [6.45, 7) is 0.752. The summed E-state index contributed by atoms with van der Waals surface area (Å²) in [4.78, 5) is 19.3. The molecule has 0 radical (unpaired) electrons. The van der Waals surface area contributed by atoms with Crippen LogP contribution in [-0.2, 0) is 11.2 Å². The van der Waals surface area contributed by atoms with Crippen molar-refractivity contribution in [2.45, 2.75) is 38.1 Å². The van der Waals surface area contributed by atoms with Gasteiger partial charge in [-0.3, -0.25) is 9.89 Å². The van der Waals surface area contributed by atoms with E-state index in [2.05, 4.69) is 15.2 Å². The molecule has 3 heterocycles. The summed E-state index contributed by atoms with van der Waals surface area (Å²) in [5.74, 6) is 0.408. The number of nitrogens with one attached hydrogen (secondary N) is 1. The maximum Gasteiger partial charge on any atom is 0.223 e. The second-order valence-corrected chi connectivity index (χ2v) is 6.97. The average Bonchev–Trinajstić information content (AvgIpc) is 3.30. The molecule has 1 saturated heterocycles. The number of nitrogens with zero attached hydrogens (tertiary/aromatic N) is 3. The lowest BCUT2D eigenvalue weighted by Gasteiger charge is -2.24. The molecule has 1 aliphatic rings. The van der Waals surface area contributed by atoms with Crippen LogP contribution in [0, 0.1) is 5.82 Å². The molecular formula is C20H22FN5O. The number of aromatic nitrogens is 3. The van der Waals surface area contributed by atoms with E-state index in [4.69, 9.17) is 5.73 Å². The maximum absolute atomic E-state index is 13.0. The van der Waals surface area contributed by atoms with Crippen molar-refractivity contribution in [3.63, 3.8) is 0 Å². The Bertz CT molecular complexity index is 953. The summed E-state index contributed by atoms with van der Waals surface area (Å²) < 4.78 is 13.0.